The zero-order valence-corrected chi connectivity index (χ0v) is 26.0. The number of nitrogens with two attached hydrogens (primary N) is 1. The van der Waals surface area contributed by atoms with Gasteiger partial charge in [-0.25, -0.2) is 14.8 Å². The molecule has 1 atom stereocenters. The molecular formula is C33H39ClN8O3. The molecule has 6 rings (SSSR count). The van der Waals surface area contributed by atoms with Gasteiger partial charge in [0.15, 0.2) is 0 Å². The number of carbonyl (C=O) groups excluding carboxylic acids is 2. The van der Waals surface area contributed by atoms with Gasteiger partial charge in [0.2, 0.25) is 5.91 Å². The largest absolute Gasteiger partial charge is 0.445 e. The zero-order chi connectivity index (χ0) is 31.2. The highest BCUT2D eigenvalue weighted by molar-refractivity contribution is 6.30. The molecule has 0 saturated carbocycles. The fourth-order valence-electron chi connectivity index (χ4n) is 6.05. The molecule has 236 valence electrons. The van der Waals surface area contributed by atoms with E-state index in [4.69, 9.17) is 22.1 Å². The van der Waals surface area contributed by atoms with Crippen LogP contribution in [0.5, 0.6) is 0 Å². The molecule has 2 aromatic heterocycles. The smallest absolute Gasteiger partial charge is 0.410 e. The van der Waals surface area contributed by atoms with Gasteiger partial charge >= 0.3 is 6.09 Å². The number of piperazine rings is 1. The molecule has 2 aromatic carbocycles. The number of anilines is 1. The van der Waals surface area contributed by atoms with Crippen molar-refractivity contribution in [3.63, 3.8) is 0 Å². The molecule has 4 aromatic rings. The number of nitrogens with zero attached hydrogens (tertiary/aromatic N) is 5. The van der Waals surface area contributed by atoms with E-state index >= 15 is 0 Å². The standard InChI is InChI=1S/C33H39ClN8O3/c34-26-8-6-25(7-9-26)28(11-15-40-18-20-42(21-19-40)32(44)45-22-24-4-2-1-3-5-24)39-31(43)33(35)12-16-41(17-13-33)30-27-10-14-36-29(27)37-23-38-30/h1-10,14,23,28H,11-13,15-22,35H2,(H,39,43)(H,36,37,38)/t28-/m0/s1. The molecule has 4 N–H and O–H groups in total. The van der Waals surface area contributed by atoms with Crippen LogP contribution in [0.3, 0.4) is 0 Å². The average molecular weight is 631 g/mol. The van der Waals surface area contributed by atoms with Gasteiger partial charge in [-0.05, 0) is 48.6 Å². The van der Waals surface area contributed by atoms with Crippen molar-refractivity contribution < 1.29 is 14.3 Å². The van der Waals surface area contributed by atoms with E-state index in [0.29, 0.717) is 50.5 Å². The number of nitrogens with one attached hydrogen (secondary N) is 2. The number of rotatable bonds is 9. The van der Waals surface area contributed by atoms with Crippen LogP contribution in [0, 0.1) is 0 Å². The fraction of sp³-hybridized carbons (Fsp3) is 0.394. The van der Waals surface area contributed by atoms with Crippen LogP contribution in [0.25, 0.3) is 11.0 Å². The summed E-state index contributed by atoms with van der Waals surface area (Å²) in [5.74, 6) is 0.704. The molecule has 2 aliphatic heterocycles. The van der Waals surface area contributed by atoms with Crippen molar-refractivity contribution in [2.75, 3.05) is 50.7 Å². The van der Waals surface area contributed by atoms with Gasteiger partial charge in [0.1, 0.15) is 24.4 Å². The number of aromatic nitrogens is 3. The highest BCUT2D eigenvalue weighted by atomic mass is 35.5. The summed E-state index contributed by atoms with van der Waals surface area (Å²) < 4.78 is 5.51. The Labute approximate surface area is 267 Å². The SMILES string of the molecule is NC1(C(=O)N[C@@H](CCN2CCN(C(=O)OCc3ccccc3)CC2)c2ccc(Cl)cc2)CCN(c2ncnc3[nH]ccc23)CC1. The second-order valence-corrected chi connectivity index (χ2v) is 12.3. The maximum absolute atomic E-state index is 13.7. The first-order valence-corrected chi connectivity index (χ1v) is 15.8. The van der Waals surface area contributed by atoms with E-state index in [1.54, 1.807) is 11.2 Å². The minimum absolute atomic E-state index is 0.150. The first-order valence-electron chi connectivity index (χ1n) is 15.4. The molecule has 0 unspecified atom stereocenters. The fourth-order valence-corrected chi connectivity index (χ4v) is 6.18. The predicted octanol–water partition coefficient (Wildman–Crippen LogP) is 4.11. The second kappa shape index (κ2) is 13.8. The Balaban J connectivity index is 1.03. The Hall–Kier alpha value is -4.19. The normalized spacial score (nSPS) is 17.6. The Morgan fingerprint density at radius 2 is 1.71 bits per heavy atom. The molecule has 11 nitrogen and oxygen atoms in total. The minimum atomic E-state index is -0.989. The van der Waals surface area contributed by atoms with Crippen LogP contribution in [0.2, 0.25) is 5.02 Å². The maximum Gasteiger partial charge on any atom is 0.410 e. The molecular weight excluding hydrogens is 592 g/mol. The van der Waals surface area contributed by atoms with Crippen LogP contribution in [-0.4, -0.2) is 88.1 Å². The van der Waals surface area contributed by atoms with Gasteiger partial charge in [-0.2, -0.15) is 0 Å². The second-order valence-electron chi connectivity index (χ2n) is 11.8. The number of aromatic amines is 1. The molecule has 2 aliphatic rings. The van der Waals surface area contributed by atoms with Crippen molar-refractivity contribution in [3.8, 4) is 0 Å². The number of hydrogen-bond donors (Lipinski definition) is 3. The number of carbonyl (C=O) groups is 2. The highest BCUT2D eigenvalue weighted by Crippen LogP contribution is 2.29. The van der Waals surface area contributed by atoms with Crippen LogP contribution in [-0.2, 0) is 16.1 Å². The van der Waals surface area contributed by atoms with Gasteiger partial charge in [-0.3, -0.25) is 9.69 Å². The molecule has 2 fully saturated rings. The summed E-state index contributed by atoms with van der Waals surface area (Å²) in [6, 6.07) is 19.0. The molecule has 0 aliphatic carbocycles. The third kappa shape index (κ3) is 7.38. The Bertz CT molecular complexity index is 1580. The summed E-state index contributed by atoms with van der Waals surface area (Å²) in [7, 11) is 0. The lowest BCUT2D eigenvalue weighted by Gasteiger charge is -2.39. The number of H-pyrrole nitrogens is 1. The van der Waals surface area contributed by atoms with Crippen molar-refractivity contribution >= 4 is 40.5 Å². The van der Waals surface area contributed by atoms with E-state index in [1.165, 1.54) is 0 Å². The van der Waals surface area contributed by atoms with Crippen LogP contribution in [0.1, 0.15) is 36.4 Å². The molecule has 2 amide bonds. The summed E-state index contributed by atoms with van der Waals surface area (Å²) in [6.45, 7) is 4.90. The Morgan fingerprint density at radius 3 is 2.44 bits per heavy atom. The summed E-state index contributed by atoms with van der Waals surface area (Å²) in [4.78, 5) is 44.5. The monoisotopic (exact) mass is 630 g/mol. The Kier molecular flexibility index (Phi) is 9.48. The number of benzene rings is 2. The number of ether oxygens (including phenoxy) is 1. The summed E-state index contributed by atoms with van der Waals surface area (Å²) >= 11 is 6.18. The molecule has 0 bridgehead atoms. The van der Waals surface area contributed by atoms with Crippen molar-refractivity contribution in [2.24, 2.45) is 5.73 Å². The van der Waals surface area contributed by atoms with E-state index in [2.05, 4.69) is 30.1 Å². The quantitative estimate of drug-likeness (QED) is 0.252. The molecule has 4 heterocycles. The van der Waals surface area contributed by atoms with Crippen LogP contribution >= 0.6 is 11.6 Å². The number of hydrogen-bond acceptors (Lipinski definition) is 8. The van der Waals surface area contributed by atoms with Crippen LogP contribution < -0.4 is 16.0 Å². The number of piperidine rings is 1. The zero-order valence-electron chi connectivity index (χ0n) is 25.2. The van der Waals surface area contributed by atoms with Crippen molar-refractivity contribution in [3.05, 3.63) is 89.3 Å². The van der Waals surface area contributed by atoms with Crippen LogP contribution in [0.4, 0.5) is 10.6 Å². The molecule has 2 saturated heterocycles. The van der Waals surface area contributed by atoms with E-state index < -0.39 is 5.54 Å². The number of halogens is 1. The van der Waals surface area contributed by atoms with Gasteiger partial charge in [0.25, 0.3) is 0 Å². The topological polar surface area (TPSA) is 133 Å². The molecule has 45 heavy (non-hydrogen) atoms. The van der Waals surface area contributed by atoms with E-state index in [0.717, 1.165) is 47.6 Å². The lowest BCUT2D eigenvalue weighted by molar-refractivity contribution is -0.128. The predicted molar refractivity (Wildman–Crippen MR) is 174 cm³/mol. The van der Waals surface area contributed by atoms with Gasteiger partial charge < -0.3 is 30.6 Å². The Morgan fingerprint density at radius 1 is 0.978 bits per heavy atom. The van der Waals surface area contributed by atoms with E-state index in [9.17, 15) is 9.59 Å². The number of amides is 2. The summed E-state index contributed by atoms with van der Waals surface area (Å²) in [6.07, 6.45) is 4.82. The first kappa shape index (κ1) is 30.8. The lowest BCUT2D eigenvalue weighted by Crippen LogP contribution is -2.60. The average Bonchev–Trinajstić information content (AvgIpc) is 3.56. The minimum Gasteiger partial charge on any atom is -0.445 e. The van der Waals surface area contributed by atoms with E-state index in [1.807, 2.05) is 66.9 Å². The van der Waals surface area contributed by atoms with Crippen LogP contribution in [0.15, 0.2) is 73.2 Å². The first-order chi connectivity index (χ1) is 21.9. The molecule has 0 radical (unpaired) electrons. The van der Waals surface area contributed by atoms with Gasteiger partial charge in [0.05, 0.1) is 17.0 Å². The van der Waals surface area contributed by atoms with Gasteiger partial charge in [-0.1, -0.05) is 54.1 Å². The van der Waals surface area contributed by atoms with Gasteiger partial charge in [0, 0.05) is 57.0 Å². The van der Waals surface area contributed by atoms with Crippen molar-refractivity contribution in [1.82, 2.24) is 30.1 Å². The maximum atomic E-state index is 13.7. The van der Waals surface area contributed by atoms with Crippen molar-refractivity contribution in [2.45, 2.75) is 37.5 Å². The third-order valence-electron chi connectivity index (χ3n) is 8.89. The molecule has 0 spiro atoms. The summed E-state index contributed by atoms with van der Waals surface area (Å²) in [5.41, 5.74) is 8.52. The van der Waals surface area contributed by atoms with Gasteiger partial charge in [-0.15, -0.1) is 0 Å². The third-order valence-corrected chi connectivity index (χ3v) is 9.14. The van der Waals surface area contributed by atoms with Crippen molar-refractivity contribution in [1.29, 1.82) is 0 Å². The lowest BCUT2D eigenvalue weighted by atomic mass is 9.87. The van der Waals surface area contributed by atoms with E-state index in [-0.39, 0.29) is 24.6 Å². The molecule has 12 heteroatoms. The summed E-state index contributed by atoms with van der Waals surface area (Å²) in [5, 5.41) is 4.87. The highest BCUT2D eigenvalue weighted by Gasteiger charge is 2.39. The number of fused-ring (bicyclic) bond motifs is 1.